The van der Waals surface area contributed by atoms with Gasteiger partial charge in [-0.3, -0.25) is 4.68 Å². The van der Waals surface area contributed by atoms with E-state index in [-0.39, 0.29) is 0 Å². The van der Waals surface area contributed by atoms with Crippen molar-refractivity contribution < 1.29 is 14.3 Å². The van der Waals surface area contributed by atoms with Gasteiger partial charge in [0.05, 0.1) is 23.8 Å². The average Bonchev–Trinajstić information content (AvgIpc) is 3.36. The number of aromatic amines is 1. The summed E-state index contributed by atoms with van der Waals surface area (Å²) >= 11 is 0. The summed E-state index contributed by atoms with van der Waals surface area (Å²) < 4.78 is 16.4. The number of aryl methyl sites for hydroxylation is 1. The van der Waals surface area contributed by atoms with Crippen LogP contribution in [-0.4, -0.2) is 42.4 Å². The predicted molar refractivity (Wildman–Crippen MR) is 110 cm³/mol. The van der Waals surface area contributed by atoms with Gasteiger partial charge < -0.3 is 20.3 Å². The number of hydrogen-bond acceptors (Lipinski definition) is 4. The molecule has 30 heavy (non-hydrogen) atoms. The molecular weight excluding hydrogens is 387 g/mol. The first kappa shape index (κ1) is 18.2. The molecule has 4 heterocycles. The lowest BCUT2D eigenvalue weighted by Crippen LogP contribution is -2.34. The van der Waals surface area contributed by atoms with Gasteiger partial charge in [0.2, 0.25) is 0 Å². The highest BCUT2D eigenvalue weighted by molar-refractivity contribution is 5.95. The maximum absolute atomic E-state index is 14.7. The Bertz CT molecular complexity index is 1280. The number of aromatic nitrogens is 4. The van der Waals surface area contributed by atoms with E-state index in [1.165, 1.54) is 11.1 Å². The van der Waals surface area contributed by atoms with Crippen LogP contribution in [0.4, 0.5) is 20.6 Å². The van der Waals surface area contributed by atoms with E-state index in [4.69, 9.17) is 0 Å². The van der Waals surface area contributed by atoms with Crippen molar-refractivity contribution in [1.82, 2.24) is 24.6 Å². The van der Waals surface area contributed by atoms with Crippen molar-refractivity contribution in [2.45, 2.75) is 13.0 Å². The fourth-order valence-electron chi connectivity index (χ4n) is 3.84. The van der Waals surface area contributed by atoms with Gasteiger partial charge in [-0.2, -0.15) is 5.10 Å². The second-order valence-corrected chi connectivity index (χ2v) is 7.39. The number of H-pyrrole nitrogens is 1. The Morgan fingerprint density at radius 1 is 1.27 bits per heavy atom. The number of nitrogens with zero attached hydrogens (tertiary/aromatic N) is 4. The van der Waals surface area contributed by atoms with Gasteiger partial charge in [0, 0.05) is 43.0 Å². The normalized spacial score (nSPS) is 13.5. The van der Waals surface area contributed by atoms with Gasteiger partial charge in [-0.25, -0.2) is 14.2 Å². The molecule has 0 saturated carbocycles. The summed E-state index contributed by atoms with van der Waals surface area (Å²) in [5, 5.41) is 17.2. The van der Waals surface area contributed by atoms with Crippen molar-refractivity contribution in [1.29, 1.82) is 0 Å². The molecule has 9 heteroatoms. The number of amides is 1. The molecule has 1 aliphatic heterocycles. The van der Waals surface area contributed by atoms with Crippen LogP contribution < -0.4 is 5.32 Å². The van der Waals surface area contributed by atoms with Crippen molar-refractivity contribution in [3.05, 3.63) is 59.8 Å². The van der Waals surface area contributed by atoms with Crippen LogP contribution in [0.5, 0.6) is 0 Å². The van der Waals surface area contributed by atoms with Crippen molar-refractivity contribution in [2.24, 2.45) is 7.05 Å². The highest BCUT2D eigenvalue weighted by Gasteiger charge is 2.21. The van der Waals surface area contributed by atoms with Gasteiger partial charge >= 0.3 is 6.09 Å². The molecule has 1 aromatic carbocycles. The molecule has 0 bridgehead atoms. The maximum Gasteiger partial charge on any atom is 0.407 e. The smallest absolute Gasteiger partial charge is 0.407 e. The van der Waals surface area contributed by atoms with Gasteiger partial charge in [-0.05, 0) is 35.7 Å². The van der Waals surface area contributed by atoms with E-state index in [9.17, 15) is 14.3 Å². The molecule has 0 unspecified atom stereocenters. The monoisotopic (exact) mass is 406 g/mol. The Labute approximate surface area is 171 Å². The van der Waals surface area contributed by atoms with Gasteiger partial charge in [0.25, 0.3) is 0 Å². The SMILES string of the molecule is Cn1cc(-c2cc3c(Nc4ccc5c(c4)CN(C(=O)O)CC5)c(F)cnc3[nH]2)cn1. The van der Waals surface area contributed by atoms with Gasteiger partial charge in [-0.15, -0.1) is 0 Å². The van der Waals surface area contributed by atoms with Crippen LogP contribution in [-0.2, 0) is 20.0 Å². The van der Waals surface area contributed by atoms with Crippen LogP contribution in [0.1, 0.15) is 11.1 Å². The van der Waals surface area contributed by atoms with Crippen LogP contribution in [0.15, 0.2) is 42.9 Å². The highest BCUT2D eigenvalue weighted by Crippen LogP contribution is 2.33. The molecule has 0 aliphatic carbocycles. The molecule has 8 nitrogen and oxygen atoms in total. The van der Waals surface area contributed by atoms with Crippen LogP contribution in [0.25, 0.3) is 22.3 Å². The number of carbonyl (C=O) groups is 1. The molecule has 0 radical (unpaired) electrons. The third-order valence-corrected chi connectivity index (χ3v) is 5.39. The molecule has 1 amide bonds. The molecule has 0 saturated heterocycles. The van der Waals surface area contributed by atoms with Gasteiger partial charge in [-0.1, -0.05) is 6.07 Å². The van der Waals surface area contributed by atoms with Crippen LogP contribution in [0.3, 0.4) is 0 Å². The first-order chi connectivity index (χ1) is 14.5. The van der Waals surface area contributed by atoms with Crippen LogP contribution in [0, 0.1) is 5.82 Å². The second kappa shape index (κ2) is 6.87. The highest BCUT2D eigenvalue weighted by atomic mass is 19.1. The number of hydrogen-bond donors (Lipinski definition) is 3. The lowest BCUT2D eigenvalue weighted by atomic mass is 9.99. The Balaban J connectivity index is 1.51. The fraction of sp³-hybridized carbons (Fsp3) is 0.190. The van der Waals surface area contributed by atoms with Crippen molar-refractivity contribution in [3.8, 4) is 11.3 Å². The van der Waals surface area contributed by atoms with Crippen molar-refractivity contribution in [2.75, 3.05) is 11.9 Å². The molecule has 0 fully saturated rings. The molecule has 0 spiro atoms. The quantitative estimate of drug-likeness (QED) is 0.480. The standard InChI is InChI=1S/C21H19FN6O2/c1-27-10-14(8-24-27)18-7-16-19(17(22)9-23-20(16)26-18)25-15-3-2-12-4-5-28(21(29)30)11-13(12)6-15/h2-3,6-10H,4-5,11H2,1H3,(H,29,30)(H2,23,25,26). The summed E-state index contributed by atoms with van der Waals surface area (Å²) in [6, 6.07) is 7.57. The van der Waals surface area contributed by atoms with Gasteiger partial charge in [0.15, 0.2) is 5.82 Å². The Hall–Kier alpha value is -3.88. The number of carboxylic acid groups (broad SMARTS) is 1. The maximum atomic E-state index is 14.7. The van der Waals surface area contributed by atoms with Crippen LogP contribution in [0.2, 0.25) is 0 Å². The van der Waals surface area contributed by atoms with Crippen LogP contribution >= 0.6 is 0 Å². The van der Waals surface area contributed by atoms with E-state index in [1.54, 1.807) is 10.9 Å². The molecule has 5 rings (SSSR count). The average molecular weight is 406 g/mol. The minimum atomic E-state index is -0.934. The lowest BCUT2D eigenvalue weighted by molar-refractivity contribution is 0.140. The summed E-state index contributed by atoms with van der Waals surface area (Å²) in [5.74, 6) is -0.468. The second-order valence-electron chi connectivity index (χ2n) is 7.39. The minimum Gasteiger partial charge on any atom is -0.465 e. The largest absolute Gasteiger partial charge is 0.465 e. The fourth-order valence-corrected chi connectivity index (χ4v) is 3.84. The van der Waals surface area contributed by atoms with E-state index in [2.05, 4.69) is 20.4 Å². The van der Waals surface area contributed by atoms with Gasteiger partial charge in [0.1, 0.15) is 5.65 Å². The molecule has 152 valence electrons. The van der Waals surface area contributed by atoms with E-state index in [0.29, 0.717) is 41.9 Å². The van der Waals surface area contributed by atoms with Crippen molar-refractivity contribution in [3.63, 3.8) is 0 Å². The number of pyridine rings is 1. The molecule has 1 aliphatic rings. The first-order valence-electron chi connectivity index (χ1n) is 9.51. The Morgan fingerprint density at radius 3 is 2.90 bits per heavy atom. The van der Waals surface area contributed by atoms with Crippen molar-refractivity contribution >= 4 is 28.5 Å². The predicted octanol–water partition coefficient (Wildman–Crippen LogP) is 3.88. The zero-order chi connectivity index (χ0) is 20.8. The number of nitrogens with one attached hydrogen (secondary N) is 2. The zero-order valence-electron chi connectivity index (χ0n) is 16.2. The third kappa shape index (κ3) is 3.14. The Morgan fingerprint density at radius 2 is 2.13 bits per heavy atom. The molecule has 0 atom stereocenters. The molecule has 4 aromatic rings. The number of halogens is 1. The molecular formula is C21H19FN6O2. The first-order valence-corrected chi connectivity index (χ1v) is 9.51. The summed E-state index contributed by atoms with van der Waals surface area (Å²) in [4.78, 5) is 20.0. The summed E-state index contributed by atoms with van der Waals surface area (Å²) in [6.45, 7) is 0.804. The number of benzene rings is 1. The van der Waals surface area contributed by atoms with E-state index in [1.807, 2.05) is 37.5 Å². The Kier molecular flexibility index (Phi) is 4.16. The molecule has 3 N–H and O–H groups in total. The summed E-state index contributed by atoms with van der Waals surface area (Å²) in [5.41, 5.74) is 5.27. The van der Waals surface area contributed by atoms with E-state index in [0.717, 1.165) is 22.4 Å². The summed E-state index contributed by atoms with van der Waals surface area (Å²) in [6.07, 6.45) is 4.51. The number of rotatable bonds is 3. The van der Waals surface area contributed by atoms with E-state index < -0.39 is 11.9 Å². The summed E-state index contributed by atoms with van der Waals surface area (Å²) in [7, 11) is 1.83. The molecule has 3 aromatic heterocycles. The van der Waals surface area contributed by atoms with E-state index >= 15 is 0 Å². The third-order valence-electron chi connectivity index (χ3n) is 5.39. The zero-order valence-corrected chi connectivity index (χ0v) is 16.2. The lowest BCUT2D eigenvalue weighted by Gasteiger charge is -2.26. The number of anilines is 2. The number of fused-ring (bicyclic) bond motifs is 2. The minimum absolute atomic E-state index is 0.317. The topological polar surface area (TPSA) is 99.1 Å².